The van der Waals surface area contributed by atoms with Crippen molar-refractivity contribution in [2.24, 2.45) is 0 Å². The topological polar surface area (TPSA) is 115 Å². The van der Waals surface area contributed by atoms with Gasteiger partial charge in [0.05, 0.1) is 24.5 Å². The minimum Gasteiger partial charge on any atom is -0.490 e. The van der Waals surface area contributed by atoms with Crippen molar-refractivity contribution in [2.75, 3.05) is 18.5 Å². The molecule has 29 heavy (non-hydrogen) atoms. The van der Waals surface area contributed by atoms with Gasteiger partial charge in [-0.1, -0.05) is 11.6 Å². The standard InChI is InChI=1S/C19H15ClN6O3/c20-15-8-13(28-6-5-27)9-23-19(15)29-12-1-2-16-14(7-12)18(25-11-24-16)26-17-10-21-3-4-22-17/h1-4,7-11,27H,5-6H2,(H,22,24,25,26). The molecule has 3 aromatic heterocycles. The lowest BCUT2D eigenvalue weighted by Gasteiger charge is -2.11. The average Bonchev–Trinajstić information content (AvgIpc) is 2.75. The summed E-state index contributed by atoms with van der Waals surface area (Å²) in [5, 5.41) is 13.0. The Morgan fingerprint density at radius 1 is 1.00 bits per heavy atom. The van der Waals surface area contributed by atoms with E-state index >= 15 is 0 Å². The first-order chi connectivity index (χ1) is 14.2. The van der Waals surface area contributed by atoms with Crippen molar-refractivity contribution in [2.45, 2.75) is 0 Å². The van der Waals surface area contributed by atoms with Crippen molar-refractivity contribution >= 4 is 34.1 Å². The molecule has 0 bridgehead atoms. The number of ether oxygens (including phenoxy) is 2. The van der Waals surface area contributed by atoms with Crippen LogP contribution in [0, 0.1) is 0 Å². The summed E-state index contributed by atoms with van der Waals surface area (Å²) in [7, 11) is 0. The number of aliphatic hydroxyl groups excluding tert-OH is 1. The summed E-state index contributed by atoms with van der Waals surface area (Å²) >= 11 is 6.23. The van der Waals surface area contributed by atoms with E-state index in [0.29, 0.717) is 23.1 Å². The van der Waals surface area contributed by atoms with Crippen molar-refractivity contribution in [1.29, 1.82) is 0 Å². The quantitative estimate of drug-likeness (QED) is 0.473. The number of benzene rings is 1. The summed E-state index contributed by atoms with van der Waals surface area (Å²) in [5.41, 5.74) is 0.727. The number of halogens is 1. The van der Waals surface area contributed by atoms with E-state index in [1.165, 1.54) is 12.5 Å². The highest BCUT2D eigenvalue weighted by Crippen LogP contribution is 2.32. The lowest BCUT2D eigenvalue weighted by molar-refractivity contribution is 0.201. The van der Waals surface area contributed by atoms with E-state index in [4.69, 9.17) is 26.2 Å². The van der Waals surface area contributed by atoms with Gasteiger partial charge in [0.15, 0.2) is 0 Å². The highest BCUT2D eigenvalue weighted by molar-refractivity contribution is 6.32. The molecule has 0 spiro atoms. The molecule has 0 atom stereocenters. The molecule has 0 fully saturated rings. The molecule has 0 aliphatic carbocycles. The fourth-order valence-corrected chi connectivity index (χ4v) is 2.72. The number of pyridine rings is 1. The fraction of sp³-hybridized carbons (Fsp3) is 0.105. The van der Waals surface area contributed by atoms with E-state index in [9.17, 15) is 0 Å². The Labute approximate surface area is 170 Å². The van der Waals surface area contributed by atoms with E-state index in [0.717, 1.165) is 10.9 Å². The highest BCUT2D eigenvalue weighted by Gasteiger charge is 2.10. The Hall–Kier alpha value is -3.56. The molecule has 2 N–H and O–H groups in total. The Bertz CT molecular complexity index is 1130. The molecule has 1 aromatic carbocycles. The zero-order chi connectivity index (χ0) is 20.1. The van der Waals surface area contributed by atoms with E-state index < -0.39 is 0 Å². The van der Waals surface area contributed by atoms with Crippen LogP contribution in [-0.2, 0) is 0 Å². The maximum absolute atomic E-state index is 8.82. The number of nitrogens with one attached hydrogen (secondary N) is 1. The smallest absolute Gasteiger partial charge is 0.238 e. The van der Waals surface area contributed by atoms with Crippen molar-refractivity contribution in [1.82, 2.24) is 24.9 Å². The van der Waals surface area contributed by atoms with Crippen molar-refractivity contribution < 1.29 is 14.6 Å². The number of nitrogens with zero attached hydrogens (tertiary/aromatic N) is 5. The van der Waals surface area contributed by atoms with E-state index in [1.54, 1.807) is 42.9 Å². The van der Waals surface area contributed by atoms with Gasteiger partial charge < -0.3 is 19.9 Å². The van der Waals surface area contributed by atoms with E-state index in [1.807, 2.05) is 0 Å². The van der Waals surface area contributed by atoms with Gasteiger partial charge in [0.2, 0.25) is 5.88 Å². The first kappa shape index (κ1) is 18.8. The Morgan fingerprint density at radius 3 is 2.72 bits per heavy atom. The number of hydrogen-bond donors (Lipinski definition) is 2. The molecule has 0 aliphatic rings. The second-order valence-corrected chi connectivity index (χ2v) is 6.16. The molecule has 0 saturated heterocycles. The lowest BCUT2D eigenvalue weighted by Crippen LogP contribution is -2.02. The van der Waals surface area contributed by atoms with Crippen molar-refractivity contribution in [3.8, 4) is 17.4 Å². The normalized spacial score (nSPS) is 10.7. The molecule has 0 unspecified atom stereocenters. The van der Waals surface area contributed by atoms with E-state index in [-0.39, 0.29) is 24.1 Å². The third-order valence-electron chi connectivity index (χ3n) is 3.77. The van der Waals surface area contributed by atoms with Crippen LogP contribution in [0.3, 0.4) is 0 Å². The zero-order valence-corrected chi connectivity index (χ0v) is 15.7. The van der Waals surface area contributed by atoms with Crippen LogP contribution in [0.25, 0.3) is 10.9 Å². The molecule has 146 valence electrons. The highest BCUT2D eigenvalue weighted by atomic mass is 35.5. The predicted molar refractivity (Wildman–Crippen MR) is 107 cm³/mol. The molecule has 3 heterocycles. The second-order valence-electron chi connectivity index (χ2n) is 5.75. The van der Waals surface area contributed by atoms with Crippen LogP contribution < -0.4 is 14.8 Å². The van der Waals surface area contributed by atoms with Gasteiger partial charge in [-0.2, -0.15) is 0 Å². The van der Waals surface area contributed by atoms with Gasteiger partial charge in [-0.05, 0) is 18.2 Å². The maximum atomic E-state index is 8.82. The summed E-state index contributed by atoms with van der Waals surface area (Å²) in [6, 6.07) is 6.92. The molecular formula is C19H15ClN6O3. The number of aromatic nitrogens is 5. The van der Waals surface area contributed by atoms with Crippen LogP contribution in [0.2, 0.25) is 5.02 Å². The van der Waals surface area contributed by atoms with Crippen LogP contribution >= 0.6 is 11.6 Å². The van der Waals surface area contributed by atoms with Gasteiger partial charge in [0, 0.05) is 23.8 Å². The number of fused-ring (bicyclic) bond motifs is 1. The minimum atomic E-state index is -0.0973. The average molecular weight is 411 g/mol. The number of hydrogen-bond acceptors (Lipinski definition) is 9. The Kier molecular flexibility index (Phi) is 5.59. The molecule has 0 saturated carbocycles. The molecule has 0 radical (unpaired) electrons. The number of aliphatic hydroxyl groups is 1. The Morgan fingerprint density at radius 2 is 1.93 bits per heavy atom. The van der Waals surface area contributed by atoms with Crippen LogP contribution in [0.4, 0.5) is 11.6 Å². The summed E-state index contributed by atoms with van der Waals surface area (Å²) in [6.07, 6.45) is 7.71. The van der Waals surface area contributed by atoms with E-state index in [2.05, 4.69) is 30.2 Å². The third kappa shape index (κ3) is 4.48. The molecular weight excluding hydrogens is 396 g/mol. The van der Waals surface area contributed by atoms with Gasteiger partial charge in [0.25, 0.3) is 0 Å². The lowest BCUT2D eigenvalue weighted by atomic mass is 10.2. The largest absolute Gasteiger partial charge is 0.490 e. The van der Waals surface area contributed by atoms with Crippen LogP contribution in [0.5, 0.6) is 17.4 Å². The SMILES string of the molecule is OCCOc1cnc(Oc2ccc3ncnc(Nc4cnccn4)c3c2)c(Cl)c1. The predicted octanol–water partition coefficient (Wildman–Crippen LogP) is 3.38. The van der Waals surface area contributed by atoms with Crippen molar-refractivity contribution in [3.05, 3.63) is 60.4 Å². The third-order valence-corrected chi connectivity index (χ3v) is 4.04. The van der Waals surface area contributed by atoms with Gasteiger partial charge in [-0.25, -0.2) is 19.9 Å². The fourth-order valence-electron chi connectivity index (χ4n) is 2.52. The first-order valence-corrected chi connectivity index (χ1v) is 8.95. The van der Waals surface area contributed by atoms with Gasteiger partial charge in [-0.3, -0.25) is 4.98 Å². The van der Waals surface area contributed by atoms with Gasteiger partial charge in [-0.15, -0.1) is 0 Å². The molecule has 0 aliphatic heterocycles. The molecule has 10 heteroatoms. The maximum Gasteiger partial charge on any atom is 0.238 e. The van der Waals surface area contributed by atoms with Crippen LogP contribution in [-0.4, -0.2) is 43.2 Å². The second kappa shape index (κ2) is 8.63. The molecule has 0 amide bonds. The number of anilines is 2. The molecule has 4 aromatic rings. The monoisotopic (exact) mass is 410 g/mol. The van der Waals surface area contributed by atoms with Gasteiger partial charge >= 0.3 is 0 Å². The summed E-state index contributed by atoms with van der Waals surface area (Å²) in [6.45, 7) is 0.0599. The van der Waals surface area contributed by atoms with Crippen LogP contribution in [0.15, 0.2) is 55.4 Å². The van der Waals surface area contributed by atoms with Crippen LogP contribution in [0.1, 0.15) is 0 Å². The zero-order valence-electron chi connectivity index (χ0n) is 15.0. The summed E-state index contributed by atoms with van der Waals surface area (Å²) in [5.74, 6) is 2.30. The first-order valence-electron chi connectivity index (χ1n) is 8.58. The molecule has 4 rings (SSSR count). The van der Waals surface area contributed by atoms with Gasteiger partial charge in [0.1, 0.15) is 41.1 Å². The number of rotatable bonds is 7. The minimum absolute atomic E-state index is 0.0973. The Balaban J connectivity index is 1.61. The van der Waals surface area contributed by atoms with Crippen molar-refractivity contribution in [3.63, 3.8) is 0 Å². The summed E-state index contributed by atoms with van der Waals surface area (Å²) in [4.78, 5) is 20.9. The molecule has 9 nitrogen and oxygen atoms in total. The summed E-state index contributed by atoms with van der Waals surface area (Å²) < 4.78 is 11.1.